The number of rotatable bonds is 3. The fourth-order valence-electron chi connectivity index (χ4n) is 1.28. The summed E-state index contributed by atoms with van der Waals surface area (Å²) < 4.78 is 4.34. The fraction of sp³-hybridized carbons (Fsp3) is 0.556. The van der Waals surface area contributed by atoms with Crippen molar-refractivity contribution in [2.45, 2.75) is 25.7 Å². The first-order valence-corrected chi connectivity index (χ1v) is 4.51. The first-order valence-electron chi connectivity index (χ1n) is 4.51. The van der Waals surface area contributed by atoms with Gasteiger partial charge in [-0.15, -0.1) is 0 Å². The molecular weight excluding hydrogens is 202 g/mol. The number of likely N-dealkylation sites (tertiary alicyclic amines) is 1. The largest absolute Gasteiger partial charge is 0.469 e. The van der Waals surface area contributed by atoms with Gasteiger partial charge in [-0.05, 0) is 0 Å². The quantitative estimate of drug-likeness (QED) is 0.471. The van der Waals surface area contributed by atoms with Gasteiger partial charge in [0.2, 0.25) is 17.7 Å². The molecule has 0 unspecified atom stereocenters. The molecule has 3 amide bonds. The third kappa shape index (κ3) is 2.61. The van der Waals surface area contributed by atoms with Gasteiger partial charge in [-0.3, -0.25) is 19.2 Å². The van der Waals surface area contributed by atoms with Crippen molar-refractivity contribution in [2.24, 2.45) is 0 Å². The van der Waals surface area contributed by atoms with E-state index in [2.05, 4.69) is 4.74 Å². The van der Waals surface area contributed by atoms with Crippen LogP contribution < -0.4 is 0 Å². The summed E-state index contributed by atoms with van der Waals surface area (Å²) in [7, 11) is 1.21. The normalized spacial score (nSPS) is 15.7. The molecule has 0 atom stereocenters. The van der Waals surface area contributed by atoms with Gasteiger partial charge in [-0.25, -0.2) is 4.90 Å². The lowest BCUT2D eigenvalue weighted by atomic mass is 10.3. The summed E-state index contributed by atoms with van der Waals surface area (Å²) in [5, 5.41) is 0. The van der Waals surface area contributed by atoms with E-state index in [0.29, 0.717) is 4.90 Å². The molecule has 1 rings (SSSR count). The van der Waals surface area contributed by atoms with Crippen LogP contribution in [0.2, 0.25) is 0 Å². The summed E-state index contributed by atoms with van der Waals surface area (Å²) in [6, 6.07) is 0. The van der Waals surface area contributed by atoms with Crippen molar-refractivity contribution in [3.05, 3.63) is 0 Å². The van der Waals surface area contributed by atoms with Crippen LogP contribution in [0.3, 0.4) is 0 Å². The number of carbonyl (C=O) groups is 4. The van der Waals surface area contributed by atoms with Gasteiger partial charge in [-0.1, -0.05) is 0 Å². The number of nitrogens with zero attached hydrogens (tertiary/aromatic N) is 1. The second-order valence-corrected chi connectivity index (χ2v) is 3.09. The van der Waals surface area contributed by atoms with E-state index in [0.717, 1.165) is 0 Å². The van der Waals surface area contributed by atoms with E-state index < -0.39 is 23.7 Å². The first kappa shape index (κ1) is 11.4. The Hall–Kier alpha value is -1.72. The molecule has 0 radical (unpaired) electrons. The summed E-state index contributed by atoms with van der Waals surface area (Å²) >= 11 is 0. The fourth-order valence-corrected chi connectivity index (χ4v) is 1.28. The molecule has 6 heteroatoms. The average Bonchev–Trinajstić information content (AvgIpc) is 2.54. The Bertz CT molecular complexity index is 306. The van der Waals surface area contributed by atoms with Crippen LogP contribution in [0.5, 0.6) is 0 Å². The van der Waals surface area contributed by atoms with Crippen molar-refractivity contribution in [1.82, 2.24) is 4.90 Å². The predicted octanol–water partition coefficient (Wildman–Crippen LogP) is -0.385. The topological polar surface area (TPSA) is 80.8 Å². The summed E-state index contributed by atoms with van der Waals surface area (Å²) in [6.07, 6.45) is -0.151. The van der Waals surface area contributed by atoms with Crippen LogP contribution >= 0.6 is 0 Å². The Morgan fingerprint density at radius 2 is 1.73 bits per heavy atom. The molecule has 6 nitrogen and oxygen atoms in total. The van der Waals surface area contributed by atoms with Crippen LogP contribution in [0.4, 0.5) is 0 Å². The monoisotopic (exact) mass is 213 g/mol. The molecule has 82 valence electrons. The van der Waals surface area contributed by atoms with Crippen LogP contribution in [-0.2, 0) is 23.9 Å². The Morgan fingerprint density at radius 3 is 2.20 bits per heavy atom. The lowest BCUT2D eigenvalue weighted by Gasteiger charge is -2.10. The van der Waals surface area contributed by atoms with Crippen LogP contribution in [0, 0.1) is 0 Å². The number of methoxy groups -OCH3 is 1. The van der Waals surface area contributed by atoms with Crippen molar-refractivity contribution in [1.29, 1.82) is 0 Å². The highest BCUT2D eigenvalue weighted by Crippen LogP contribution is 2.13. The minimum atomic E-state index is -0.632. The van der Waals surface area contributed by atoms with Gasteiger partial charge in [0, 0.05) is 19.3 Å². The molecular formula is C9H11NO5. The Balaban J connectivity index is 2.50. The van der Waals surface area contributed by atoms with E-state index in [1.807, 2.05) is 0 Å². The van der Waals surface area contributed by atoms with E-state index >= 15 is 0 Å². The Morgan fingerprint density at radius 1 is 1.20 bits per heavy atom. The number of imide groups is 3. The first-order chi connectivity index (χ1) is 7.06. The summed E-state index contributed by atoms with van der Waals surface area (Å²) in [6.45, 7) is 0. The van der Waals surface area contributed by atoms with E-state index in [1.165, 1.54) is 7.11 Å². The summed E-state index contributed by atoms with van der Waals surface area (Å²) in [4.78, 5) is 44.9. The number of hydrogen-bond donors (Lipinski definition) is 0. The minimum absolute atomic E-state index is 0.0722. The molecule has 0 bridgehead atoms. The highest BCUT2D eigenvalue weighted by molar-refractivity contribution is 6.15. The molecule has 1 saturated heterocycles. The number of hydrogen-bond acceptors (Lipinski definition) is 5. The maximum Gasteiger partial charge on any atom is 0.306 e. The molecule has 0 N–H and O–H groups in total. The smallest absolute Gasteiger partial charge is 0.306 e. The van der Waals surface area contributed by atoms with E-state index in [4.69, 9.17) is 0 Å². The molecule has 0 spiro atoms. The highest BCUT2D eigenvalue weighted by Gasteiger charge is 2.34. The van der Waals surface area contributed by atoms with E-state index in [9.17, 15) is 19.2 Å². The number of carbonyl (C=O) groups excluding carboxylic acids is 4. The lowest BCUT2D eigenvalue weighted by Crippen LogP contribution is -2.35. The van der Waals surface area contributed by atoms with Crippen LogP contribution in [0.25, 0.3) is 0 Å². The molecule has 0 aromatic carbocycles. The van der Waals surface area contributed by atoms with E-state index in [1.54, 1.807) is 0 Å². The summed E-state index contributed by atoms with van der Waals surface area (Å²) in [5.74, 6) is -2.15. The molecule has 0 aliphatic carbocycles. The maximum atomic E-state index is 11.4. The minimum Gasteiger partial charge on any atom is -0.469 e. The SMILES string of the molecule is COC(=O)CCC(=O)N1C(=O)CCC1=O. The molecule has 0 aromatic rings. The molecule has 0 saturated carbocycles. The molecule has 1 aliphatic rings. The third-order valence-electron chi connectivity index (χ3n) is 2.07. The molecule has 15 heavy (non-hydrogen) atoms. The van der Waals surface area contributed by atoms with Gasteiger partial charge >= 0.3 is 5.97 Å². The molecule has 1 fully saturated rings. The second kappa shape index (κ2) is 4.68. The molecule has 0 aromatic heterocycles. The third-order valence-corrected chi connectivity index (χ3v) is 2.07. The average molecular weight is 213 g/mol. The predicted molar refractivity (Wildman–Crippen MR) is 47.3 cm³/mol. The Labute approximate surface area is 86.2 Å². The summed E-state index contributed by atoms with van der Waals surface area (Å²) in [5.41, 5.74) is 0. The maximum absolute atomic E-state index is 11.4. The van der Waals surface area contributed by atoms with Crippen LogP contribution in [-0.4, -0.2) is 35.7 Å². The van der Waals surface area contributed by atoms with E-state index in [-0.39, 0.29) is 25.7 Å². The second-order valence-electron chi connectivity index (χ2n) is 3.09. The number of ether oxygens (including phenoxy) is 1. The van der Waals surface area contributed by atoms with Crippen molar-refractivity contribution in [2.75, 3.05) is 7.11 Å². The van der Waals surface area contributed by atoms with Gasteiger partial charge in [0.05, 0.1) is 13.5 Å². The van der Waals surface area contributed by atoms with Gasteiger partial charge in [0.15, 0.2) is 0 Å². The standard InChI is InChI=1S/C9H11NO5/c1-15-9(14)5-4-8(13)10-6(11)2-3-7(10)12/h2-5H2,1H3. The Kier molecular flexibility index (Phi) is 3.54. The van der Waals surface area contributed by atoms with Gasteiger partial charge in [0.1, 0.15) is 0 Å². The lowest BCUT2D eigenvalue weighted by molar-refractivity contribution is -0.151. The highest BCUT2D eigenvalue weighted by atomic mass is 16.5. The number of esters is 1. The van der Waals surface area contributed by atoms with Crippen LogP contribution in [0.15, 0.2) is 0 Å². The molecule has 1 heterocycles. The number of amides is 3. The van der Waals surface area contributed by atoms with Crippen molar-refractivity contribution in [3.8, 4) is 0 Å². The van der Waals surface area contributed by atoms with Gasteiger partial charge in [-0.2, -0.15) is 0 Å². The molecule has 1 aliphatic heterocycles. The van der Waals surface area contributed by atoms with Crippen molar-refractivity contribution < 1.29 is 23.9 Å². The van der Waals surface area contributed by atoms with Crippen LogP contribution in [0.1, 0.15) is 25.7 Å². The van der Waals surface area contributed by atoms with Gasteiger partial charge in [0.25, 0.3) is 0 Å². The van der Waals surface area contributed by atoms with Crippen molar-refractivity contribution in [3.63, 3.8) is 0 Å². The van der Waals surface area contributed by atoms with Crippen molar-refractivity contribution >= 4 is 23.7 Å². The zero-order valence-corrected chi connectivity index (χ0v) is 8.32. The zero-order chi connectivity index (χ0) is 11.4. The van der Waals surface area contributed by atoms with Gasteiger partial charge < -0.3 is 4.74 Å². The zero-order valence-electron chi connectivity index (χ0n) is 8.32.